The molecule has 1 saturated carbocycles. The third-order valence-corrected chi connectivity index (χ3v) is 5.33. The van der Waals surface area contributed by atoms with Gasteiger partial charge in [0.1, 0.15) is 17.5 Å². The maximum absolute atomic E-state index is 12.5. The number of ether oxygens (including phenoxy) is 1. The topological polar surface area (TPSA) is 55.4 Å². The first-order valence-electron chi connectivity index (χ1n) is 7.73. The zero-order chi connectivity index (χ0) is 14.6. The molecule has 4 heteroatoms. The molecule has 2 aliphatic heterocycles. The van der Waals surface area contributed by atoms with E-state index in [1.54, 1.807) is 0 Å². The maximum atomic E-state index is 12.5. The summed E-state index contributed by atoms with van der Waals surface area (Å²) in [6.45, 7) is 1.53. The van der Waals surface area contributed by atoms with Crippen LogP contribution in [0.3, 0.4) is 0 Å². The van der Waals surface area contributed by atoms with Gasteiger partial charge in [-0.25, -0.2) is 0 Å². The van der Waals surface area contributed by atoms with Gasteiger partial charge in [-0.05, 0) is 31.4 Å². The van der Waals surface area contributed by atoms with E-state index in [0.29, 0.717) is 0 Å². The van der Waals surface area contributed by atoms with Gasteiger partial charge in [0.25, 0.3) is 0 Å². The van der Waals surface area contributed by atoms with Gasteiger partial charge in [-0.2, -0.15) is 0 Å². The van der Waals surface area contributed by atoms with Crippen molar-refractivity contribution >= 4 is 11.7 Å². The van der Waals surface area contributed by atoms with Crippen LogP contribution in [0, 0.1) is 11.8 Å². The summed E-state index contributed by atoms with van der Waals surface area (Å²) in [6.07, 6.45) is 4.02. The Morgan fingerprint density at radius 1 is 1.33 bits per heavy atom. The summed E-state index contributed by atoms with van der Waals surface area (Å²) in [6, 6.07) is 7.86. The van der Waals surface area contributed by atoms with Crippen LogP contribution in [0.25, 0.3) is 0 Å². The van der Waals surface area contributed by atoms with Crippen molar-refractivity contribution in [2.75, 3.05) is 0 Å². The molecule has 2 bridgehead atoms. The monoisotopic (exact) mass is 285 g/mol. The summed E-state index contributed by atoms with van der Waals surface area (Å²) in [7, 11) is 0. The van der Waals surface area contributed by atoms with Crippen LogP contribution in [0.15, 0.2) is 24.3 Å². The molecule has 1 aromatic rings. The van der Waals surface area contributed by atoms with Gasteiger partial charge in [0.2, 0.25) is 5.91 Å². The first-order chi connectivity index (χ1) is 10.1. The standard InChI is InChI=1S/C17H19NO3/c1-10(19)14-15-11-6-2-3-8-13(11)21-17(18-16(14)20)9-5-4-7-12(15)17/h2-3,6,8,12,14-15H,4-5,7,9H2,1H3,(H,18,20)/t12-,14+,15-,17-/m1/s1. The van der Waals surface area contributed by atoms with E-state index < -0.39 is 11.6 Å². The van der Waals surface area contributed by atoms with Crippen molar-refractivity contribution in [1.29, 1.82) is 0 Å². The van der Waals surface area contributed by atoms with E-state index in [1.807, 2.05) is 24.3 Å². The number of nitrogens with one attached hydrogen (secondary N) is 1. The van der Waals surface area contributed by atoms with Crippen LogP contribution >= 0.6 is 0 Å². The third-order valence-electron chi connectivity index (χ3n) is 5.33. The van der Waals surface area contributed by atoms with E-state index >= 15 is 0 Å². The highest BCUT2D eigenvalue weighted by molar-refractivity contribution is 6.02. The number of fused-ring (bicyclic) bond motifs is 2. The minimum Gasteiger partial charge on any atom is -0.467 e. The van der Waals surface area contributed by atoms with Crippen LogP contribution in [0.2, 0.25) is 0 Å². The van der Waals surface area contributed by atoms with Crippen molar-refractivity contribution in [3.8, 4) is 5.75 Å². The number of piperidine rings is 1. The molecule has 4 rings (SSSR count). The Kier molecular flexibility index (Phi) is 2.65. The molecule has 21 heavy (non-hydrogen) atoms. The number of hydrogen-bond acceptors (Lipinski definition) is 3. The molecule has 110 valence electrons. The molecule has 4 nitrogen and oxygen atoms in total. The number of rotatable bonds is 1. The van der Waals surface area contributed by atoms with Gasteiger partial charge in [0, 0.05) is 18.3 Å². The molecule has 1 aromatic carbocycles. The average Bonchev–Trinajstić information content (AvgIpc) is 2.45. The lowest BCUT2D eigenvalue weighted by atomic mass is 9.61. The van der Waals surface area contributed by atoms with E-state index in [2.05, 4.69) is 5.32 Å². The van der Waals surface area contributed by atoms with Crippen molar-refractivity contribution < 1.29 is 14.3 Å². The van der Waals surface area contributed by atoms with Crippen LogP contribution in [0.5, 0.6) is 5.75 Å². The quantitative estimate of drug-likeness (QED) is 0.806. The summed E-state index contributed by atoms with van der Waals surface area (Å²) in [4.78, 5) is 24.6. The minimum atomic E-state index is -0.597. The lowest BCUT2D eigenvalue weighted by Crippen LogP contribution is -2.69. The molecule has 0 spiro atoms. The van der Waals surface area contributed by atoms with Crippen molar-refractivity contribution in [2.24, 2.45) is 11.8 Å². The lowest BCUT2D eigenvalue weighted by Gasteiger charge is -2.56. The summed E-state index contributed by atoms with van der Waals surface area (Å²) < 4.78 is 6.25. The summed E-state index contributed by atoms with van der Waals surface area (Å²) in [5, 5.41) is 3.05. The van der Waals surface area contributed by atoms with Gasteiger partial charge in [0.15, 0.2) is 5.72 Å². The molecule has 1 saturated heterocycles. The van der Waals surface area contributed by atoms with E-state index in [9.17, 15) is 9.59 Å². The Morgan fingerprint density at radius 3 is 2.95 bits per heavy atom. The fourth-order valence-corrected chi connectivity index (χ4v) is 4.51. The fraction of sp³-hybridized carbons (Fsp3) is 0.529. The Morgan fingerprint density at radius 2 is 2.14 bits per heavy atom. The average molecular weight is 285 g/mol. The van der Waals surface area contributed by atoms with Crippen LogP contribution in [0.1, 0.15) is 44.1 Å². The second kappa shape index (κ2) is 4.33. The first kappa shape index (κ1) is 12.9. The Bertz CT molecular complexity index is 626. The molecule has 2 heterocycles. The highest BCUT2D eigenvalue weighted by Crippen LogP contribution is 2.55. The molecular formula is C17H19NO3. The molecule has 0 aromatic heterocycles. The van der Waals surface area contributed by atoms with Crippen LogP contribution in [0.4, 0.5) is 0 Å². The fourth-order valence-electron chi connectivity index (χ4n) is 4.51. The van der Waals surface area contributed by atoms with Crippen LogP contribution in [-0.2, 0) is 9.59 Å². The molecule has 0 radical (unpaired) electrons. The Labute approximate surface area is 123 Å². The number of ketones is 1. The predicted molar refractivity (Wildman–Crippen MR) is 76.8 cm³/mol. The SMILES string of the molecule is CC(=O)[C@@H]1C(=O)N[C@@]23CCCC[C@@H]2[C@H]1c1ccccc1O3. The number of amides is 1. The van der Waals surface area contributed by atoms with E-state index in [0.717, 1.165) is 37.0 Å². The molecule has 1 aliphatic carbocycles. The second-order valence-corrected chi connectivity index (χ2v) is 6.49. The second-order valence-electron chi connectivity index (χ2n) is 6.49. The number of para-hydroxylation sites is 1. The first-order valence-corrected chi connectivity index (χ1v) is 7.73. The van der Waals surface area contributed by atoms with Crippen molar-refractivity contribution in [3.05, 3.63) is 29.8 Å². The van der Waals surface area contributed by atoms with Crippen molar-refractivity contribution in [2.45, 2.75) is 44.2 Å². The number of carbonyl (C=O) groups excluding carboxylic acids is 2. The number of hydrogen-bond donors (Lipinski definition) is 1. The Balaban J connectivity index is 1.92. The van der Waals surface area contributed by atoms with Gasteiger partial charge < -0.3 is 10.1 Å². The highest BCUT2D eigenvalue weighted by atomic mass is 16.5. The molecule has 2 fully saturated rings. The van der Waals surface area contributed by atoms with Crippen LogP contribution in [-0.4, -0.2) is 17.4 Å². The van der Waals surface area contributed by atoms with Gasteiger partial charge in [-0.1, -0.05) is 24.6 Å². The summed E-state index contributed by atoms with van der Waals surface area (Å²) in [5.74, 6) is 0.195. The zero-order valence-corrected chi connectivity index (χ0v) is 12.1. The molecule has 3 aliphatic rings. The summed E-state index contributed by atoms with van der Waals surface area (Å²) in [5.41, 5.74) is 0.426. The molecule has 0 unspecified atom stereocenters. The lowest BCUT2D eigenvalue weighted by molar-refractivity contribution is -0.160. The van der Waals surface area contributed by atoms with Crippen molar-refractivity contribution in [1.82, 2.24) is 5.32 Å². The normalized spacial score (nSPS) is 36.8. The summed E-state index contributed by atoms with van der Waals surface area (Å²) >= 11 is 0. The van der Waals surface area contributed by atoms with Gasteiger partial charge in [-0.3, -0.25) is 9.59 Å². The molecule has 1 N–H and O–H groups in total. The minimum absolute atomic E-state index is 0.0403. The highest BCUT2D eigenvalue weighted by Gasteiger charge is 2.59. The van der Waals surface area contributed by atoms with Gasteiger partial charge in [-0.15, -0.1) is 0 Å². The predicted octanol–water partition coefficient (Wildman–Crippen LogP) is 2.38. The van der Waals surface area contributed by atoms with Crippen molar-refractivity contribution in [3.63, 3.8) is 0 Å². The zero-order valence-electron chi connectivity index (χ0n) is 12.1. The van der Waals surface area contributed by atoms with E-state index in [4.69, 9.17) is 4.74 Å². The van der Waals surface area contributed by atoms with E-state index in [1.165, 1.54) is 6.92 Å². The smallest absolute Gasteiger partial charge is 0.234 e. The largest absolute Gasteiger partial charge is 0.467 e. The number of Topliss-reactive ketones (excluding diaryl/α,β-unsaturated/α-hetero) is 1. The third kappa shape index (κ3) is 1.68. The number of benzene rings is 1. The van der Waals surface area contributed by atoms with Crippen LogP contribution < -0.4 is 10.1 Å². The van der Waals surface area contributed by atoms with Gasteiger partial charge >= 0.3 is 0 Å². The maximum Gasteiger partial charge on any atom is 0.234 e. The molecular weight excluding hydrogens is 266 g/mol. The molecule has 1 amide bonds. The Hall–Kier alpha value is -1.84. The van der Waals surface area contributed by atoms with Gasteiger partial charge in [0.05, 0.1) is 0 Å². The van der Waals surface area contributed by atoms with E-state index in [-0.39, 0.29) is 23.5 Å². The number of carbonyl (C=O) groups is 2. The molecule has 4 atom stereocenters.